The molecule has 2 saturated heterocycles. The van der Waals surface area contributed by atoms with E-state index in [0.29, 0.717) is 18.5 Å². The Morgan fingerprint density at radius 2 is 2.06 bits per heavy atom. The smallest absolute Gasteiger partial charge is 0.251 e. The van der Waals surface area contributed by atoms with E-state index in [1.807, 2.05) is 31.4 Å². The summed E-state index contributed by atoms with van der Waals surface area (Å²) in [6, 6.07) is 5.84. The zero-order valence-corrected chi connectivity index (χ0v) is 18.4. The summed E-state index contributed by atoms with van der Waals surface area (Å²) in [6.45, 7) is 4.58. The minimum atomic E-state index is -0.693. The second-order valence-electron chi connectivity index (χ2n) is 8.46. The zero-order valence-electron chi connectivity index (χ0n) is 17.6. The first-order valence-corrected chi connectivity index (χ1v) is 11.4. The topological polar surface area (TPSA) is 101 Å². The van der Waals surface area contributed by atoms with Crippen LogP contribution in [-0.4, -0.2) is 63.4 Å². The van der Waals surface area contributed by atoms with Crippen molar-refractivity contribution < 1.29 is 19.1 Å². The SMILES string of the molecule is CC(C)CC(NC(=O)c1ccc(-c2csnn2)cc1)C(=O)N1CCCC2OCC(=O)C21. The highest BCUT2D eigenvalue weighted by Crippen LogP contribution is 2.27. The quantitative estimate of drug-likeness (QED) is 0.737. The van der Waals surface area contributed by atoms with Crippen LogP contribution in [0.5, 0.6) is 0 Å². The van der Waals surface area contributed by atoms with Gasteiger partial charge >= 0.3 is 0 Å². The molecule has 0 aliphatic carbocycles. The van der Waals surface area contributed by atoms with Gasteiger partial charge in [-0.2, -0.15) is 0 Å². The standard InChI is InChI=1S/C22H26N4O4S/c1-13(2)10-16(22(29)26-9-3-4-19-20(26)18(27)11-30-19)23-21(28)15-7-5-14(6-8-15)17-12-31-25-24-17/h5-8,12-13,16,19-20H,3-4,9-11H2,1-2H3,(H,23,28). The van der Waals surface area contributed by atoms with Gasteiger partial charge in [0.25, 0.3) is 5.91 Å². The second kappa shape index (κ2) is 9.23. The number of hydrogen-bond acceptors (Lipinski definition) is 7. The van der Waals surface area contributed by atoms with Gasteiger partial charge in [0, 0.05) is 23.1 Å². The van der Waals surface area contributed by atoms with Crippen molar-refractivity contribution in [2.24, 2.45) is 5.92 Å². The molecule has 1 aromatic carbocycles. The number of nitrogens with one attached hydrogen (secondary N) is 1. The van der Waals surface area contributed by atoms with Gasteiger partial charge in [0.1, 0.15) is 24.4 Å². The number of Topliss-reactive ketones (excluding diaryl/α,β-unsaturated/α-hetero) is 1. The molecular weight excluding hydrogens is 416 g/mol. The first-order valence-electron chi connectivity index (χ1n) is 10.6. The molecule has 3 unspecified atom stereocenters. The molecule has 0 bridgehead atoms. The number of amides is 2. The molecule has 0 radical (unpaired) electrons. The van der Waals surface area contributed by atoms with Gasteiger partial charge in [-0.05, 0) is 48.8 Å². The minimum Gasteiger partial charge on any atom is -0.368 e. The van der Waals surface area contributed by atoms with E-state index in [9.17, 15) is 14.4 Å². The Morgan fingerprint density at radius 1 is 1.29 bits per heavy atom. The summed E-state index contributed by atoms with van der Waals surface area (Å²) in [6.07, 6.45) is 1.83. The van der Waals surface area contributed by atoms with Crippen LogP contribution in [0.25, 0.3) is 11.3 Å². The molecule has 3 atom stereocenters. The number of benzene rings is 1. The molecule has 31 heavy (non-hydrogen) atoms. The maximum absolute atomic E-state index is 13.4. The number of piperidine rings is 1. The van der Waals surface area contributed by atoms with Crippen LogP contribution in [0.3, 0.4) is 0 Å². The fraction of sp³-hybridized carbons (Fsp3) is 0.500. The molecule has 1 N–H and O–H groups in total. The molecule has 3 heterocycles. The van der Waals surface area contributed by atoms with Crippen LogP contribution in [-0.2, 0) is 14.3 Å². The van der Waals surface area contributed by atoms with Gasteiger partial charge < -0.3 is 15.0 Å². The van der Waals surface area contributed by atoms with Gasteiger partial charge in [-0.1, -0.05) is 30.5 Å². The molecule has 2 aliphatic heterocycles. The lowest BCUT2D eigenvalue weighted by Gasteiger charge is -2.37. The molecule has 2 amide bonds. The number of aromatic nitrogens is 2. The molecule has 0 spiro atoms. The van der Waals surface area contributed by atoms with Gasteiger partial charge in [0.15, 0.2) is 5.78 Å². The van der Waals surface area contributed by atoms with Gasteiger partial charge in [0.05, 0.1) is 6.10 Å². The Labute approximate surface area is 185 Å². The maximum atomic E-state index is 13.4. The maximum Gasteiger partial charge on any atom is 0.251 e. The predicted octanol–water partition coefficient (Wildman–Crippen LogP) is 2.31. The fourth-order valence-corrected chi connectivity index (χ4v) is 4.72. The molecule has 2 aromatic rings. The van der Waals surface area contributed by atoms with Crippen LogP contribution in [0.1, 0.15) is 43.5 Å². The summed E-state index contributed by atoms with van der Waals surface area (Å²) < 4.78 is 9.42. The Hall–Kier alpha value is -2.65. The fourth-order valence-electron chi connectivity index (χ4n) is 4.26. The van der Waals surface area contributed by atoms with E-state index in [4.69, 9.17) is 4.74 Å². The molecule has 2 aliphatic rings. The summed E-state index contributed by atoms with van der Waals surface area (Å²) in [5, 5.41) is 8.77. The summed E-state index contributed by atoms with van der Waals surface area (Å²) >= 11 is 1.27. The van der Waals surface area contributed by atoms with Crippen molar-refractivity contribution in [3.8, 4) is 11.3 Å². The number of ether oxygens (including phenoxy) is 1. The first kappa shape index (κ1) is 21.6. The first-order chi connectivity index (χ1) is 14.9. The van der Waals surface area contributed by atoms with Crippen molar-refractivity contribution in [2.75, 3.05) is 13.2 Å². The monoisotopic (exact) mass is 442 g/mol. The average Bonchev–Trinajstić information content (AvgIpc) is 3.43. The number of hydrogen-bond donors (Lipinski definition) is 1. The number of nitrogens with zero attached hydrogens (tertiary/aromatic N) is 3. The van der Waals surface area contributed by atoms with Crippen molar-refractivity contribution in [2.45, 2.75) is 51.3 Å². The van der Waals surface area contributed by atoms with Crippen molar-refractivity contribution in [1.29, 1.82) is 0 Å². The molecule has 1 aromatic heterocycles. The lowest BCUT2D eigenvalue weighted by atomic mass is 9.95. The molecule has 9 heteroatoms. The van der Waals surface area contributed by atoms with E-state index in [2.05, 4.69) is 14.9 Å². The minimum absolute atomic E-state index is 0.0557. The third-order valence-electron chi connectivity index (χ3n) is 5.74. The highest BCUT2D eigenvalue weighted by molar-refractivity contribution is 7.03. The van der Waals surface area contributed by atoms with Crippen molar-refractivity contribution in [1.82, 2.24) is 19.8 Å². The zero-order chi connectivity index (χ0) is 22.0. The molecule has 8 nitrogen and oxygen atoms in total. The van der Waals surface area contributed by atoms with E-state index in [1.54, 1.807) is 17.0 Å². The van der Waals surface area contributed by atoms with E-state index in [1.165, 1.54) is 11.5 Å². The highest BCUT2D eigenvalue weighted by atomic mass is 32.1. The Balaban J connectivity index is 1.49. The van der Waals surface area contributed by atoms with Crippen LogP contribution in [0.4, 0.5) is 0 Å². The number of carbonyl (C=O) groups is 3. The molecule has 2 fully saturated rings. The molecular formula is C22H26N4O4S. The van der Waals surface area contributed by atoms with Gasteiger partial charge in [-0.15, -0.1) is 5.10 Å². The third kappa shape index (κ3) is 4.67. The Morgan fingerprint density at radius 3 is 2.74 bits per heavy atom. The van der Waals surface area contributed by atoms with Crippen molar-refractivity contribution >= 4 is 29.1 Å². The molecule has 4 rings (SSSR count). The summed E-state index contributed by atoms with van der Waals surface area (Å²) in [5.74, 6) is -0.380. The number of fused-ring (bicyclic) bond motifs is 1. The lowest BCUT2D eigenvalue weighted by molar-refractivity contribution is -0.142. The lowest BCUT2D eigenvalue weighted by Crippen LogP contribution is -2.58. The van der Waals surface area contributed by atoms with E-state index in [0.717, 1.165) is 24.1 Å². The van der Waals surface area contributed by atoms with Crippen LogP contribution in [0.2, 0.25) is 0 Å². The summed E-state index contributed by atoms with van der Waals surface area (Å²) in [4.78, 5) is 40.2. The van der Waals surface area contributed by atoms with Gasteiger partial charge in [-0.3, -0.25) is 14.4 Å². The number of rotatable bonds is 6. The second-order valence-corrected chi connectivity index (χ2v) is 9.07. The highest BCUT2D eigenvalue weighted by Gasteiger charge is 2.45. The van der Waals surface area contributed by atoms with Crippen LogP contribution in [0, 0.1) is 5.92 Å². The van der Waals surface area contributed by atoms with Crippen LogP contribution >= 0.6 is 11.5 Å². The predicted molar refractivity (Wildman–Crippen MR) is 116 cm³/mol. The number of likely N-dealkylation sites (tertiary alicyclic amines) is 1. The van der Waals surface area contributed by atoms with Gasteiger partial charge in [-0.25, -0.2) is 0 Å². The van der Waals surface area contributed by atoms with Crippen LogP contribution in [0.15, 0.2) is 29.6 Å². The van der Waals surface area contributed by atoms with Crippen molar-refractivity contribution in [3.63, 3.8) is 0 Å². The summed E-state index contributed by atoms with van der Waals surface area (Å²) in [7, 11) is 0. The molecule has 0 saturated carbocycles. The van der Waals surface area contributed by atoms with Gasteiger partial charge in [0.2, 0.25) is 5.91 Å². The van der Waals surface area contributed by atoms with E-state index < -0.39 is 12.1 Å². The Bertz CT molecular complexity index is 945. The average molecular weight is 443 g/mol. The summed E-state index contributed by atoms with van der Waals surface area (Å²) in [5.41, 5.74) is 2.09. The van der Waals surface area contributed by atoms with Crippen molar-refractivity contribution in [3.05, 3.63) is 35.2 Å². The van der Waals surface area contributed by atoms with Crippen LogP contribution < -0.4 is 5.32 Å². The van der Waals surface area contributed by atoms with E-state index in [-0.39, 0.29) is 36.2 Å². The van der Waals surface area contributed by atoms with E-state index >= 15 is 0 Å². The third-order valence-corrected chi connectivity index (χ3v) is 6.25. The number of ketones is 1. The largest absolute Gasteiger partial charge is 0.368 e. The number of carbonyl (C=O) groups excluding carboxylic acids is 3. The Kier molecular flexibility index (Phi) is 6.43. The normalized spacial score (nSPS) is 21.8. The molecule has 164 valence electrons.